The smallest absolute Gasteiger partial charge is 0.205 e. The Kier molecular flexibility index (Phi) is 4.92. The predicted molar refractivity (Wildman–Crippen MR) is 103 cm³/mol. The minimum atomic E-state index is 0.689. The number of nitrogens with zero attached hydrogens (tertiary/aromatic N) is 1. The normalized spacial score (nSPS) is 11.2. The van der Waals surface area contributed by atoms with Gasteiger partial charge in [0, 0.05) is 11.4 Å². The maximum absolute atomic E-state index is 4.71. The second-order valence-corrected chi connectivity index (χ2v) is 5.78. The van der Waals surface area contributed by atoms with Crippen LogP contribution in [-0.2, 0) is 0 Å². The van der Waals surface area contributed by atoms with E-state index in [1.165, 1.54) is 11.1 Å². The first-order valence-electron chi connectivity index (χ1n) is 8.00. The Morgan fingerprint density at radius 2 is 1.12 bits per heavy atom. The van der Waals surface area contributed by atoms with E-state index in [4.69, 9.17) is 4.99 Å². The summed E-state index contributed by atoms with van der Waals surface area (Å²) in [6.07, 6.45) is 0. The second-order valence-electron chi connectivity index (χ2n) is 5.78. The molecule has 3 aromatic rings. The molecule has 3 nitrogen and oxygen atoms in total. The van der Waals surface area contributed by atoms with Crippen LogP contribution < -0.4 is 10.6 Å². The summed E-state index contributed by atoms with van der Waals surface area (Å²) in [6.45, 7) is 4.15. The monoisotopic (exact) mass is 315 g/mol. The molecule has 0 aliphatic heterocycles. The highest BCUT2D eigenvalue weighted by Crippen LogP contribution is 2.16. The molecule has 2 N–H and O–H groups in total. The number of hydrogen-bond acceptors (Lipinski definition) is 1. The summed E-state index contributed by atoms with van der Waals surface area (Å²) in [4.78, 5) is 4.71. The lowest BCUT2D eigenvalue weighted by Crippen LogP contribution is -2.21. The molecule has 0 unspecified atom stereocenters. The van der Waals surface area contributed by atoms with Gasteiger partial charge in [0.15, 0.2) is 0 Å². The van der Waals surface area contributed by atoms with Crippen LogP contribution >= 0.6 is 0 Å². The lowest BCUT2D eigenvalue weighted by molar-refractivity contribution is 1.41. The summed E-state index contributed by atoms with van der Waals surface area (Å²) >= 11 is 0. The fourth-order valence-electron chi connectivity index (χ4n) is 2.27. The summed E-state index contributed by atoms with van der Waals surface area (Å²) in [7, 11) is 0. The SMILES string of the molecule is Cc1ccc(N=C(Nc2ccccc2)Nc2ccc(C)cc2)cc1. The highest BCUT2D eigenvalue weighted by atomic mass is 15.2. The Morgan fingerprint density at radius 1 is 0.625 bits per heavy atom. The number of hydrogen-bond donors (Lipinski definition) is 2. The van der Waals surface area contributed by atoms with E-state index in [-0.39, 0.29) is 0 Å². The van der Waals surface area contributed by atoms with E-state index >= 15 is 0 Å². The lowest BCUT2D eigenvalue weighted by Gasteiger charge is -2.13. The van der Waals surface area contributed by atoms with Gasteiger partial charge >= 0.3 is 0 Å². The van der Waals surface area contributed by atoms with Crippen LogP contribution in [0.15, 0.2) is 83.9 Å². The van der Waals surface area contributed by atoms with Gasteiger partial charge in [-0.3, -0.25) is 0 Å². The zero-order chi connectivity index (χ0) is 16.8. The Balaban J connectivity index is 1.87. The largest absolute Gasteiger partial charge is 0.326 e. The third-order valence-corrected chi connectivity index (χ3v) is 3.63. The van der Waals surface area contributed by atoms with Gasteiger partial charge in [-0.05, 0) is 50.2 Å². The zero-order valence-electron chi connectivity index (χ0n) is 14.0. The van der Waals surface area contributed by atoms with Crippen molar-refractivity contribution in [1.82, 2.24) is 0 Å². The van der Waals surface area contributed by atoms with Gasteiger partial charge in [-0.25, -0.2) is 4.99 Å². The minimum absolute atomic E-state index is 0.689. The maximum atomic E-state index is 4.71. The van der Waals surface area contributed by atoms with E-state index in [0.29, 0.717) is 5.96 Å². The summed E-state index contributed by atoms with van der Waals surface area (Å²) < 4.78 is 0. The molecule has 3 aromatic carbocycles. The Morgan fingerprint density at radius 3 is 1.71 bits per heavy atom. The molecule has 0 aliphatic rings. The van der Waals surface area contributed by atoms with E-state index in [2.05, 4.69) is 48.7 Å². The first-order chi connectivity index (χ1) is 11.7. The molecule has 0 bridgehead atoms. The molecule has 0 aliphatic carbocycles. The van der Waals surface area contributed by atoms with Gasteiger partial charge in [-0.15, -0.1) is 0 Å². The first-order valence-corrected chi connectivity index (χ1v) is 8.00. The first kappa shape index (κ1) is 15.8. The van der Waals surface area contributed by atoms with Crippen LogP contribution in [0.4, 0.5) is 17.1 Å². The molecule has 0 saturated heterocycles. The maximum Gasteiger partial charge on any atom is 0.205 e. The minimum Gasteiger partial charge on any atom is -0.326 e. The van der Waals surface area contributed by atoms with Crippen molar-refractivity contribution in [3.05, 3.63) is 90.0 Å². The van der Waals surface area contributed by atoms with Gasteiger partial charge in [0.1, 0.15) is 0 Å². The third-order valence-electron chi connectivity index (χ3n) is 3.63. The van der Waals surface area contributed by atoms with Crippen molar-refractivity contribution >= 4 is 23.0 Å². The molecule has 24 heavy (non-hydrogen) atoms. The van der Waals surface area contributed by atoms with Crippen LogP contribution in [0.1, 0.15) is 11.1 Å². The van der Waals surface area contributed by atoms with Crippen LogP contribution in [0, 0.1) is 13.8 Å². The highest BCUT2D eigenvalue weighted by Gasteiger charge is 2.02. The molecule has 120 valence electrons. The number of aryl methyl sites for hydroxylation is 2. The summed E-state index contributed by atoms with van der Waals surface area (Å²) in [6, 6.07) is 26.4. The van der Waals surface area contributed by atoms with E-state index in [1.807, 2.05) is 54.6 Å². The Bertz CT molecular complexity index is 804. The molecule has 3 heteroatoms. The molecular weight excluding hydrogens is 294 g/mol. The number of para-hydroxylation sites is 1. The van der Waals surface area contributed by atoms with E-state index in [9.17, 15) is 0 Å². The number of anilines is 2. The molecule has 0 amide bonds. The van der Waals surface area contributed by atoms with Crippen molar-refractivity contribution in [3.63, 3.8) is 0 Å². The van der Waals surface area contributed by atoms with Gasteiger partial charge in [0.05, 0.1) is 5.69 Å². The number of rotatable bonds is 3. The molecule has 0 atom stereocenters. The average molecular weight is 315 g/mol. The van der Waals surface area contributed by atoms with Gasteiger partial charge in [0.2, 0.25) is 5.96 Å². The van der Waals surface area contributed by atoms with Crippen molar-refractivity contribution < 1.29 is 0 Å². The van der Waals surface area contributed by atoms with Crippen LogP contribution in [0.25, 0.3) is 0 Å². The average Bonchev–Trinajstić information content (AvgIpc) is 2.60. The predicted octanol–water partition coefficient (Wildman–Crippen LogP) is 5.52. The topological polar surface area (TPSA) is 36.4 Å². The fourth-order valence-corrected chi connectivity index (χ4v) is 2.27. The van der Waals surface area contributed by atoms with Gasteiger partial charge < -0.3 is 10.6 Å². The van der Waals surface area contributed by atoms with Crippen molar-refractivity contribution in [2.24, 2.45) is 4.99 Å². The second kappa shape index (κ2) is 7.47. The van der Waals surface area contributed by atoms with Crippen LogP contribution in [0.2, 0.25) is 0 Å². The summed E-state index contributed by atoms with van der Waals surface area (Å²) in [5.74, 6) is 0.689. The van der Waals surface area contributed by atoms with Crippen molar-refractivity contribution in [3.8, 4) is 0 Å². The Hall–Kier alpha value is -3.07. The van der Waals surface area contributed by atoms with Crippen LogP contribution in [-0.4, -0.2) is 5.96 Å². The van der Waals surface area contributed by atoms with E-state index in [1.54, 1.807) is 0 Å². The molecule has 0 heterocycles. The molecule has 3 rings (SSSR count). The van der Waals surface area contributed by atoms with Crippen molar-refractivity contribution in [2.45, 2.75) is 13.8 Å². The zero-order valence-corrected chi connectivity index (χ0v) is 14.0. The molecule has 0 spiro atoms. The summed E-state index contributed by atoms with van der Waals surface area (Å²) in [5, 5.41) is 6.70. The van der Waals surface area contributed by atoms with Crippen molar-refractivity contribution in [1.29, 1.82) is 0 Å². The molecular formula is C21H21N3. The molecule has 0 saturated carbocycles. The molecule has 0 aromatic heterocycles. The highest BCUT2D eigenvalue weighted by molar-refractivity contribution is 6.04. The Labute approximate surface area is 143 Å². The van der Waals surface area contributed by atoms with Gasteiger partial charge in [0.25, 0.3) is 0 Å². The third kappa shape index (κ3) is 4.46. The quantitative estimate of drug-likeness (QED) is 0.493. The van der Waals surface area contributed by atoms with Gasteiger partial charge in [-0.2, -0.15) is 0 Å². The number of aliphatic imine (C=N–C) groups is 1. The van der Waals surface area contributed by atoms with E-state index in [0.717, 1.165) is 17.1 Å². The van der Waals surface area contributed by atoms with E-state index < -0.39 is 0 Å². The molecule has 0 radical (unpaired) electrons. The number of nitrogens with one attached hydrogen (secondary N) is 2. The number of benzene rings is 3. The standard InChI is InChI=1S/C21H21N3/c1-16-8-12-19(13-9-16)23-21(22-18-6-4-3-5-7-18)24-20-14-10-17(2)11-15-20/h3-15H,1-2H3,(H2,22,23,24). The van der Waals surface area contributed by atoms with Gasteiger partial charge in [-0.1, -0.05) is 53.6 Å². The van der Waals surface area contributed by atoms with Crippen molar-refractivity contribution in [2.75, 3.05) is 10.6 Å². The number of guanidine groups is 1. The van der Waals surface area contributed by atoms with Crippen LogP contribution in [0.3, 0.4) is 0 Å². The fraction of sp³-hybridized carbons (Fsp3) is 0.0952. The summed E-state index contributed by atoms with van der Waals surface area (Å²) in [5.41, 5.74) is 5.34. The van der Waals surface area contributed by atoms with Crippen LogP contribution in [0.5, 0.6) is 0 Å². The lowest BCUT2D eigenvalue weighted by atomic mass is 10.2. The molecule has 0 fully saturated rings.